The number of carbonyl (C=O) groups is 1. The fourth-order valence-electron chi connectivity index (χ4n) is 3.15. The van der Waals surface area contributed by atoms with Gasteiger partial charge >= 0.3 is 0 Å². The fraction of sp³-hybridized carbons (Fsp3) is 0.800. The lowest BCUT2D eigenvalue weighted by molar-refractivity contribution is -0.116. The molecule has 0 aliphatic rings. The van der Waals surface area contributed by atoms with Crippen LogP contribution in [0.2, 0.25) is 16.6 Å². The molecule has 0 aromatic rings. The Morgan fingerprint density at radius 3 is 1.71 bits per heavy atom. The molecule has 0 radical (unpaired) electrons. The molecule has 2 heteroatoms. The van der Waals surface area contributed by atoms with E-state index in [1.165, 1.54) is 0 Å². The van der Waals surface area contributed by atoms with Gasteiger partial charge in [0.15, 0.2) is 0 Å². The van der Waals surface area contributed by atoms with E-state index in [1.54, 1.807) is 6.92 Å². The molecule has 17 heavy (non-hydrogen) atoms. The van der Waals surface area contributed by atoms with Crippen LogP contribution in [0.5, 0.6) is 0 Å². The zero-order valence-electron chi connectivity index (χ0n) is 12.7. The van der Waals surface area contributed by atoms with Gasteiger partial charge in [0.05, 0.1) is 8.07 Å². The third-order valence-electron chi connectivity index (χ3n) is 4.07. The summed E-state index contributed by atoms with van der Waals surface area (Å²) >= 11 is 0. The molecular weight excluding hydrogens is 224 g/mol. The molecule has 0 atom stereocenters. The van der Waals surface area contributed by atoms with Gasteiger partial charge in [0.2, 0.25) is 0 Å². The fourth-order valence-corrected chi connectivity index (χ4v) is 8.88. The molecule has 0 unspecified atom stereocenters. The highest BCUT2D eigenvalue weighted by Crippen LogP contribution is 2.42. The Balaban J connectivity index is 4.86. The summed E-state index contributed by atoms with van der Waals surface area (Å²) < 4.78 is 0. The van der Waals surface area contributed by atoms with E-state index in [4.69, 9.17) is 0 Å². The van der Waals surface area contributed by atoms with Crippen molar-refractivity contribution in [1.82, 2.24) is 0 Å². The molecule has 100 valence electrons. The van der Waals surface area contributed by atoms with Crippen molar-refractivity contribution in [3.8, 4) is 0 Å². The minimum absolute atomic E-state index is 0.292. The van der Waals surface area contributed by atoms with E-state index >= 15 is 0 Å². The highest BCUT2D eigenvalue weighted by atomic mass is 28.3. The second kappa shape index (κ2) is 7.15. The topological polar surface area (TPSA) is 17.1 Å². The minimum atomic E-state index is -1.39. The van der Waals surface area contributed by atoms with Gasteiger partial charge in [0.25, 0.3) is 0 Å². The molecule has 0 aliphatic heterocycles. The molecule has 0 rings (SSSR count). The summed E-state index contributed by atoms with van der Waals surface area (Å²) in [7, 11) is -1.39. The van der Waals surface area contributed by atoms with Crippen LogP contribution in [0.25, 0.3) is 0 Å². The molecule has 0 fully saturated rings. The zero-order valence-corrected chi connectivity index (χ0v) is 13.7. The van der Waals surface area contributed by atoms with Gasteiger partial charge in [-0.2, -0.15) is 0 Å². The summed E-state index contributed by atoms with van der Waals surface area (Å²) in [4.78, 5) is 10.9. The second-order valence-electron chi connectivity index (χ2n) is 6.11. The van der Waals surface area contributed by atoms with Crippen LogP contribution >= 0.6 is 0 Å². The molecule has 0 aromatic carbocycles. The van der Waals surface area contributed by atoms with Gasteiger partial charge in [-0.25, -0.2) is 0 Å². The van der Waals surface area contributed by atoms with Crippen LogP contribution in [0, 0.1) is 0 Å². The molecule has 1 nitrogen and oxygen atoms in total. The zero-order chi connectivity index (χ0) is 13.6. The van der Waals surface area contributed by atoms with E-state index in [9.17, 15) is 4.79 Å². The Morgan fingerprint density at radius 1 is 1.00 bits per heavy atom. The van der Waals surface area contributed by atoms with Gasteiger partial charge in [-0.15, -0.1) is 0 Å². The summed E-state index contributed by atoms with van der Waals surface area (Å²) in [6.45, 7) is 15.8. The van der Waals surface area contributed by atoms with Gasteiger partial charge in [-0.3, -0.25) is 0 Å². The Kier molecular flexibility index (Phi) is 6.99. The average Bonchev–Trinajstić information content (AvgIpc) is 2.15. The number of Topliss-reactive ketones (excluding diaryl/α,β-unsaturated/α-hetero) is 1. The molecular formula is C15H30OSi. The maximum absolute atomic E-state index is 10.9. The highest BCUT2D eigenvalue weighted by Gasteiger charge is 2.39. The van der Waals surface area contributed by atoms with Crippen LogP contribution in [0.15, 0.2) is 11.8 Å². The maximum atomic E-state index is 10.9. The van der Waals surface area contributed by atoms with E-state index in [0.717, 1.165) is 23.0 Å². The van der Waals surface area contributed by atoms with Crippen LogP contribution in [-0.4, -0.2) is 13.9 Å². The first-order valence-corrected chi connectivity index (χ1v) is 9.23. The second-order valence-corrected chi connectivity index (χ2v) is 11.9. The predicted octanol–water partition coefficient (Wildman–Crippen LogP) is 5.13. The molecule has 0 N–H and O–H groups in total. The first-order chi connectivity index (χ1) is 7.75. The van der Waals surface area contributed by atoms with Crippen LogP contribution < -0.4 is 0 Å². The van der Waals surface area contributed by atoms with Crippen molar-refractivity contribution in [3.63, 3.8) is 0 Å². The van der Waals surface area contributed by atoms with Gasteiger partial charge in [0.1, 0.15) is 5.78 Å². The van der Waals surface area contributed by atoms with Crippen molar-refractivity contribution in [2.45, 2.75) is 77.9 Å². The highest BCUT2D eigenvalue weighted by molar-refractivity contribution is 6.87. The Morgan fingerprint density at radius 2 is 1.41 bits per heavy atom. The van der Waals surface area contributed by atoms with Crippen molar-refractivity contribution < 1.29 is 4.79 Å². The number of carbonyl (C=O) groups excluding carboxylic acids is 1. The summed E-state index contributed by atoms with van der Waals surface area (Å²) in [5, 5.41) is 0. The predicted molar refractivity (Wildman–Crippen MR) is 80.1 cm³/mol. The van der Waals surface area contributed by atoms with Crippen LogP contribution in [0.4, 0.5) is 0 Å². The molecule has 0 amide bonds. The smallest absolute Gasteiger partial charge is 0.130 e. The first kappa shape index (κ1) is 16.6. The van der Waals surface area contributed by atoms with E-state index in [0.29, 0.717) is 12.2 Å². The van der Waals surface area contributed by atoms with E-state index in [2.05, 4.69) is 53.3 Å². The van der Waals surface area contributed by atoms with Gasteiger partial charge in [-0.1, -0.05) is 53.3 Å². The summed E-state index contributed by atoms with van der Waals surface area (Å²) in [6.07, 6.45) is 3.87. The third-order valence-corrected chi connectivity index (χ3v) is 10.9. The molecule has 0 saturated carbocycles. The quantitative estimate of drug-likeness (QED) is 0.576. The summed E-state index contributed by atoms with van der Waals surface area (Å²) in [6, 6.07) is 0. The van der Waals surface area contributed by atoms with E-state index in [1.807, 2.05) is 0 Å². The summed E-state index contributed by atoms with van der Waals surface area (Å²) in [5.41, 5.74) is 4.79. The molecule has 0 aliphatic carbocycles. The number of rotatable bonds is 7. The molecule has 0 heterocycles. The number of ketones is 1. The standard InChI is InChI=1S/C15H30OSi/c1-12(2)17(13(3)4,14(5)6)11-9-8-10-15(7)16/h9,11-14H,8,10H2,1-7H3/b11-9+. The lowest BCUT2D eigenvalue weighted by atomic mass is 10.2. The Bertz CT molecular complexity index is 242. The van der Waals surface area contributed by atoms with Gasteiger partial charge in [0, 0.05) is 6.42 Å². The molecule has 0 spiro atoms. The average molecular weight is 254 g/mol. The lowest BCUT2D eigenvalue weighted by Gasteiger charge is -2.40. The normalized spacial score (nSPS) is 13.3. The molecule has 0 saturated heterocycles. The summed E-state index contributed by atoms with van der Waals surface area (Å²) in [5.74, 6) is 0.292. The maximum Gasteiger partial charge on any atom is 0.130 e. The van der Waals surface area contributed by atoms with Crippen LogP contribution in [0.1, 0.15) is 61.3 Å². The van der Waals surface area contributed by atoms with Crippen LogP contribution in [0.3, 0.4) is 0 Å². The number of hydrogen-bond acceptors (Lipinski definition) is 1. The van der Waals surface area contributed by atoms with Crippen LogP contribution in [-0.2, 0) is 4.79 Å². The first-order valence-electron chi connectivity index (χ1n) is 6.92. The Hall–Kier alpha value is -0.373. The van der Waals surface area contributed by atoms with Crippen molar-refractivity contribution >= 4 is 13.9 Å². The third kappa shape index (κ3) is 4.42. The van der Waals surface area contributed by atoms with Gasteiger partial charge < -0.3 is 4.79 Å². The molecule has 0 aromatic heterocycles. The van der Waals surface area contributed by atoms with E-state index < -0.39 is 8.07 Å². The monoisotopic (exact) mass is 254 g/mol. The van der Waals surface area contributed by atoms with Crippen molar-refractivity contribution in [3.05, 3.63) is 11.8 Å². The van der Waals surface area contributed by atoms with Crippen molar-refractivity contribution in [2.75, 3.05) is 0 Å². The minimum Gasteiger partial charge on any atom is -0.300 e. The SMILES string of the molecule is CC(=O)CC/C=C/[Si](C(C)C)(C(C)C)C(C)C. The number of hydrogen-bond donors (Lipinski definition) is 0. The van der Waals surface area contributed by atoms with E-state index in [-0.39, 0.29) is 0 Å². The van der Waals surface area contributed by atoms with Crippen molar-refractivity contribution in [2.24, 2.45) is 0 Å². The largest absolute Gasteiger partial charge is 0.300 e. The van der Waals surface area contributed by atoms with Crippen molar-refractivity contribution in [1.29, 1.82) is 0 Å². The molecule has 0 bridgehead atoms. The lowest BCUT2D eigenvalue weighted by Crippen LogP contribution is -2.42. The number of allylic oxidation sites excluding steroid dienone is 1. The Labute approximate surface area is 109 Å². The van der Waals surface area contributed by atoms with Gasteiger partial charge in [-0.05, 0) is 30.0 Å².